The van der Waals surface area contributed by atoms with Crippen molar-refractivity contribution >= 4 is 11.8 Å². The van der Waals surface area contributed by atoms with Crippen molar-refractivity contribution in [3.8, 4) is 0 Å². The number of rotatable bonds is 7. The summed E-state index contributed by atoms with van der Waals surface area (Å²) in [7, 11) is 0. The molecule has 4 rings (SSSR count). The van der Waals surface area contributed by atoms with Gasteiger partial charge in [0.2, 0.25) is 11.8 Å². The van der Waals surface area contributed by atoms with E-state index in [4.69, 9.17) is 0 Å². The fourth-order valence-electron chi connectivity index (χ4n) is 5.76. The molecule has 228 valence electrons. The van der Waals surface area contributed by atoms with Crippen molar-refractivity contribution in [1.82, 2.24) is 29.4 Å². The molecule has 0 spiro atoms. The highest BCUT2D eigenvalue weighted by Crippen LogP contribution is 2.23. The van der Waals surface area contributed by atoms with Crippen molar-refractivity contribution < 1.29 is 9.59 Å². The minimum Gasteiger partial charge on any atom is -0.341 e. The maximum Gasteiger partial charge on any atom is 0.236 e. The molecule has 4 aliphatic rings. The molecular weight excluding hydrogens is 488 g/mol. The Balaban J connectivity index is 0.000000258. The standard InChI is InChI=1S/C15H29N3O.C14H27N3O.C2H6/c1-12(2)14-9-18(10-14)15(19)11-16-5-7-17(8-6-16)13(3)4;1-12(2)16-8-6-15(7-9-16)11-14(18)17-5-4-13(3)10-17;1-2/h12-14H,5-11H2,1-4H3;12-13H,4-11H2,1-3H3;1-2H3. The number of nitrogens with zero attached hydrogens (tertiary/aromatic N) is 6. The Labute approximate surface area is 241 Å². The van der Waals surface area contributed by atoms with Crippen LogP contribution in [0.5, 0.6) is 0 Å². The first kappa shape index (κ1) is 34.0. The molecule has 0 aromatic rings. The Kier molecular flexibility index (Phi) is 14.7. The van der Waals surface area contributed by atoms with Crippen LogP contribution >= 0.6 is 0 Å². The van der Waals surface area contributed by atoms with Crippen LogP contribution in [0, 0.1) is 17.8 Å². The summed E-state index contributed by atoms with van der Waals surface area (Å²) in [5.41, 5.74) is 0. The topological polar surface area (TPSA) is 53.6 Å². The van der Waals surface area contributed by atoms with Crippen molar-refractivity contribution in [1.29, 1.82) is 0 Å². The van der Waals surface area contributed by atoms with Gasteiger partial charge in [-0.3, -0.25) is 29.2 Å². The van der Waals surface area contributed by atoms with E-state index in [1.807, 2.05) is 23.6 Å². The molecule has 0 radical (unpaired) electrons. The van der Waals surface area contributed by atoms with Crippen LogP contribution in [-0.2, 0) is 9.59 Å². The predicted molar refractivity (Wildman–Crippen MR) is 163 cm³/mol. The van der Waals surface area contributed by atoms with Gasteiger partial charge in [0.05, 0.1) is 13.1 Å². The van der Waals surface area contributed by atoms with Crippen molar-refractivity contribution in [3.05, 3.63) is 0 Å². The highest BCUT2D eigenvalue weighted by atomic mass is 16.2. The normalized spacial score (nSPS) is 23.9. The van der Waals surface area contributed by atoms with E-state index in [0.717, 1.165) is 84.5 Å². The van der Waals surface area contributed by atoms with E-state index in [0.29, 0.717) is 48.8 Å². The molecule has 4 fully saturated rings. The first-order chi connectivity index (χ1) is 18.5. The fourth-order valence-corrected chi connectivity index (χ4v) is 5.76. The highest BCUT2D eigenvalue weighted by Gasteiger charge is 2.33. The smallest absolute Gasteiger partial charge is 0.236 e. The second-order valence-corrected chi connectivity index (χ2v) is 12.8. The minimum absolute atomic E-state index is 0.329. The minimum atomic E-state index is 0.329. The third-order valence-electron chi connectivity index (χ3n) is 8.97. The van der Waals surface area contributed by atoms with E-state index in [9.17, 15) is 9.59 Å². The summed E-state index contributed by atoms with van der Waals surface area (Å²) < 4.78 is 0. The predicted octanol–water partition coefficient (Wildman–Crippen LogP) is 3.03. The Hall–Kier alpha value is -1.22. The van der Waals surface area contributed by atoms with Crippen LogP contribution in [0.15, 0.2) is 0 Å². The van der Waals surface area contributed by atoms with E-state index in [-0.39, 0.29) is 0 Å². The summed E-state index contributed by atoms with van der Waals surface area (Å²) in [4.78, 5) is 38.0. The number of carbonyl (C=O) groups is 2. The van der Waals surface area contributed by atoms with Crippen LogP contribution in [-0.4, -0.2) is 145 Å². The van der Waals surface area contributed by atoms with Gasteiger partial charge in [0.1, 0.15) is 0 Å². The summed E-state index contributed by atoms with van der Waals surface area (Å²) >= 11 is 0. The lowest BCUT2D eigenvalue weighted by Crippen LogP contribution is -2.56. The van der Waals surface area contributed by atoms with Gasteiger partial charge in [0.25, 0.3) is 0 Å². The van der Waals surface area contributed by atoms with E-state index in [1.165, 1.54) is 6.42 Å². The molecule has 0 saturated carbocycles. The van der Waals surface area contributed by atoms with E-state index in [1.54, 1.807) is 0 Å². The number of carbonyl (C=O) groups excluding carboxylic acids is 2. The van der Waals surface area contributed by atoms with Gasteiger partial charge in [-0.15, -0.1) is 0 Å². The second kappa shape index (κ2) is 16.9. The van der Waals surface area contributed by atoms with Crippen LogP contribution in [0.2, 0.25) is 0 Å². The summed E-state index contributed by atoms with van der Waals surface area (Å²) in [5.74, 6) is 2.78. The van der Waals surface area contributed by atoms with Crippen molar-refractivity contribution in [3.63, 3.8) is 0 Å². The first-order valence-electron chi connectivity index (χ1n) is 16.0. The van der Waals surface area contributed by atoms with Gasteiger partial charge in [-0.05, 0) is 51.9 Å². The lowest BCUT2D eigenvalue weighted by atomic mass is 9.88. The fraction of sp³-hybridized carbons (Fsp3) is 0.935. The van der Waals surface area contributed by atoms with Crippen molar-refractivity contribution in [2.75, 3.05) is 91.6 Å². The Morgan fingerprint density at radius 3 is 1.36 bits per heavy atom. The summed E-state index contributed by atoms with van der Waals surface area (Å²) in [6.07, 6.45) is 1.17. The van der Waals surface area contributed by atoms with Gasteiger partial charge in [0, 0.05) is 90.6 Å². The number of amides is 2. The molecule has 4 heterocycles. The molecule has 1 atom stereocenters. The molecule has 0 bridgehead atoms. The summed E-state index contributed by atoms with van der Waals surface area (Å²) in [5, 5.41) is 0. The van der Waals surface area contributed by atoms with E-state index >= 15 is 0 Å². The maximum atomic E-state index is 12.1. The first-order valence-corrected chi connectivity index (χ1v) is 16.0. The summed E-state index contributed by atoms with van der Waals surface area (Å²) in [6.45, 7) is 33.3. The molecule has 2 amide bonds. The van der Waals surface area contributed by atoms with E-state index in [2.05, 4.69) is 68.1 Å². The van der Waals surface area contributed by atoms with Gasteiger partial charge in [-0.1, -0.05) is 34.6 Å². The zero-order valence-electron chi connectivity index (χ0n) is 27.0. The lowest BCUT2D eigenvalue weighted by molar-refractivity contribution is -0.140. The quantitative estimate of drug-likeness (QED) is 0.486. The second-order valence-electron chi connectivity index (χ2n) is 12.8. The SMILES string of the molecule is CC.CC(C)C1CN(C(=O)CN2CCN(C(C)C)CC2)C1.CC1CCN(C(=O)CN2CCN(C(C)C)CC2)C1. The van der Waals surface area contributed by atoms with Gasteiger partial charge >= 0.3 is 0 Å². The van der Waals surface area contributed by atoms with Crippen LogP contribution in [0.4, 0.5) is 0 Å². The molecule has 4 saturated heterocycles. The molecular formula is C31H62N6O2. The third kappa shape index (κ3) is 10.9. The maximum absolute atomic E-state index is 12.1. The number of hydrogen-bond donors (Lipinski definition) is 0. The van der Waals surface area contributed by atoms with Gasteiger partial charge in [0.15, 0.2) is 0 Å². The van der Waals surface area contributed by atoms with Crippen molar-refractivity contribution in [2.24, 2.45) is 17.8 Å². The van der Waals surface area contributed by atoms with Crippen molar-refractivity contribution in [2.45, 2.75) is 80.8 Å². The molecule has 8 nitrogen and oxygen atoms in total. The average molecular weight is 551 g/mol. The molecule has 0 aromatic carbocycles. The van der Waals surface area contributed by atoms with Crippen LogP contribution in [0.25, 0.3) is 0 Å². The molecule has 8 heteroatoms. The Bertz CT molecular complexity index is 708. The molecule has 0 aromatic heterocycles. The van der Waals surface area contributed by atoms with Crippen LogP contribution in [0.3, 0.4) is 0 Å². The largest absolute Gasteiger partial charge is 0.341 e. The zero-order chi connectivity index (χ0) is 29.1. The van der Waals surface area contributed by atoms with Gasteiger partial charge in [-0.25, -0.2) is 0 Å². The lowest BCUT2D eigenvalue weighted by Gasteiger charge is -2.43. The monoisotopic (exact) mass is 550 g/mol. The molecule has 0 aliphatic carbocycles. The van der Waals surface area contributed by atoms with E-state index < -0.39 is 0 Å². The zero-order valence-corrected chi connectivity index (χ0v) is 27.0. The highest BCUT2D eigenvalue weighted by molar-refractivity contribution is 5.79. The molecule has 39 heavy (non-hydrogen) atoms. The third-order valence-corrected chi connectivity index (χ3v) is 8.97. The summed E-state index contributed by atoms with van der Waals surface area (Å²) in [6, 6.07) is 1.25. The molecule has 0 N–H and O–H groups in total. The Morgan fingerprint density at radius 2 is 1.03 bits per heavy atom. The number of likely N-dealkylation sites (tertiary alicyclic amines) is 2. The van der Waals surface area contributed by atoms with Crippen LogP contribution < -0.4 is 0 Å². The van der Waals surface area contributed by atoms with Gasteiger partial charge in [-0.2, -0.15) is 0 Å². The average Bonchev–Trinajstić information content (AvgIpc) is 3.31. The number of hydrogen-bond acceptors (Lipinski definition) is 6. The van der Waals surface area contributed by atoms with Crippen LogP contribution in [0.1, 0.15) is 68.7 Å². The number of piperazine rings is 2. The Morgan fingerprint density at radius 1 is 0.615 bits per heavy atom. The molecule has 4 aliphatic heterocycles. The molecule has 1 unspecified atom stereocenters. The van der Waals surface area contributed by atoms with Gasteiger partial charge < -0.3 is 9.80 Å².